The fourth-order valence-corrected chi connectivity index (χ4v) is 5.83. The van der Waals surface area contributed by atoms with Gasteiger partial charge in [-0.3, -0.25) is 9.59 Å². The molecule has 3 rings (SSSR count). The third-order valence-electron chi connectivity index (χ3n) is 7.60. The number of piperidine rings is 1. The van der Waals surface area contributed by atoms with Gasteiger partial charge in [0.05, 0.1) is 23.5 Å². The summed E-state index contributed by atoms with van der Waals surface area (Å²) in [6, 6.07) is 14.3. The van der Waals surface area contributed by atoms with Gasteiger partial charge in [-0.2, -0.15) is 0 Å². The van der Waals surface area contributed by atoms with E-state index in [1.165, 1.54) is 0 Å². The van der Waals surface area contributed by atoms with Gasteiger partial charge in [-0.25, -0.2) is 0 Å². The van der Waals surface area contributed by atoms with E-state index >= 15 is 0 Å². The van der Waals surface area contributed by atoms with Crippen LogP contribution in [-0.2, 0) is 9.59 Å². The Morgan fingerprint density at radius 3 is 2.29 bits per heavy atom. The Hall–Kier alpha value is -2.08. The third-order valence-corrected chi connectivity index (χ3v) is 8.09. The Balaban J connectivity index is 2.28. The maximum absolute atomic E-state index is 14.2. The summed E-state index contributed by atoms with van der Waals surface area (Å²) in [4.78, 5) is 28.0. The molecular formula is C28H35Cl2NO4. The first kappa shape index (κ1) is 27.5. The molecule has 1 amide bonds. The third kappa shape index (κ3) is 5.84. The van der Waals surface area contributed by atoms with Crippen LogP contribution in [0.25, 0.3) is 0 Å². The lowest BCUT2D eigenvalue weighted by Crippen LogP contribution is -2.59. The van der Waals surface area contributed by atoms with Gasteiger partial charge in [0.2, 0.25) is 5.91 Å². The number of halogens is 2. The maximum atomic E-state index is 14.2. The van der Waals surface area contributed by atoms with Gasteiger partial charge in [-0.15, -0.1) is 0 Å². The van der Waals surface area contributed by atoms with Crippen molar-refractivity contribution in [1.29, 1.82) is 0 Å². The van der Waals surface area contributed by atoms with Crippen molar-refractivity contribution >= 4 is 35.1 Å². The maximum Gasteiger partial charge on any atom is 0.304 e. The minimum atomic E-state index is -1.12. The van der Waals surface area contributed by atoms with Gasteiger partial charge in [0, 0.05) is 27.9 Å². The number of benzene rings is 2. The van der Waals surface area contributed by atoms with Crippen LogP contribution in [0, 0.1) is 11.3 Å². The minimum Gasteiger partial charge on any atom is -0.481 e. The lowest BCUT2D eigenvalue weighted by atomic mass is 9.66. The van der Waals surface area contributed by atoms with Gasteiger partial charge >= 0.3 is 5.97 Å². The van der Waals surface area contributed by atoms with Crippen LogP contribution in [0.15, 0.2) is 48.5 Å². The van der Waals surface area contributed by atoms with Crippen molar-refractivity contribution in [2.24, 2.45) is 11.3 Å². The summed E-state index contributed by atoms with van der Waals surface area (Å²) in [5.74, 6) is -1.70. The average molecular weight is 520 g/mol. The molecule has 0 bridgehead atoms. The molecule has 1 heterocycles. The number of carbonyl (C=O) groups excluding carboxylic acids is 1. The summed E-state index contributed by atoms with van der Waals surface area (Å²) in [5.41, 5.74) is -0.310. The Kier molecular flexibility index (Phi) is 8.25. The standard InChI is InChI=1S/C28H35Cl2NO4/c1-6-23(17(2)27(3,4)35)31-25(18-10-12-20(29)13-11-18)22(19-8-7-9-21(30)14-19)15-28(5,26(31)34)16-24(32)33/h7-14,17,22-23,25,35H,6,15-16H2,1-5H3,(H,32,33)/t17?,22-,23?,25?,28-/m1/s1. The molecule has 5 nitrogen and oxygen atoms in total. The number of nitrogens with zero attached hydrogens (tertiary/aromatic N) is 1. The molecule has 5 atom stereocenters. The van der Waals surface area contributed by atoms with Crippen molar-refractivity contribution in [1.82, 2.24) is 4.90 Å². The Morgan fingerprint density at radius 1 is 1.14 bits per heavy atom. The number of aliphatic carboxylic acids is 1. The van der Waals surface area contributed by atoms with E-state index < -0.39 is 17.0 Å². The number of hydrogen-bond acceptors (Lipinski definition) is 3. The number of hydrogen-bond donors (Lipinski definition) is 2. The predicted molar refractivity (Wildman–Crippen MR) is 140 cm³/mol. The van der Waals surface area contributed by atoms with E-state index in [-0.39, 0.29) is 36.2 Å². The molecule has 7 heteroatoms. The van der Waals surface area contributed by atoms with E-state index in [4.69, 9.17) is 23.2 Å². The van der Waals surface area contributed by atoms with Gasteiger partial charge in [0.25, 0.3) is 0 Å². The molecule has 1 saturated heterocycles. The topological polar surface area (TPSA) is 77.8 Å². The molecule has 0 aromatic heterocycles. The highest BCUT2D eigenvalue weighted by Crippen LogP contribution is 2.53. The van der Waals surface area contributed by atoms with Crippen molar-refractivity contribution in [2.75, 3.05) is 0 Å². The number of aliphatic hydroxyl groups is 1. The first-order valence-corrected chi connectivity index (χ1v) is 12.8. The van der Waals surface area contributed by atoms with Crippen molar-refractivity contribution in [2.45, 2.75) is 77.5 Å². The highest BCUT2D eigenvalue weighted by molar-refractivity contribution is 6.30. The van der Waals surface area contributed by atoms with Gasteiger partial charge in [-0.05, 0) is 62.1 Å². The number of likely N-dealkylation sites (tertiary alicyclic amines) is 1. The molecule has 190 valence electrons. The monoisotopic (exact) mass is 519 g/mol. The number of carboxylic acids is 1. The van der Waals surface area contributed by atoms with E-state index in [1.807, 2.05) is 49.1 Å². The van der Waals surface area contributed by atoms with Crippen molar-refractivity contribution in [3.63, 3.8) is 0 Å². The molecule has 3 unspecified atom stereocenters. The van der Waals surface area contributed by atoms with E-state index in [0.717, 1.165) is 11.1 Å². The van der Waals surface area contributed by atoms with Crippen LogP contribution in [-0.4, -0.2) is 38.6 Å². The molecule has 2 aromatic carbocycles. The molecule has 1 fully saturated rings. The summed E-state index contributed by atoms with van der Waals surface area (Å²) in [5, 5.41) is 21.8. The molecule has 1 aliphatic heterocycles. The highest BCUT2D eigenvalue weighted by Gasteiger charge is 2.53. The van der Waals surface area contributed by atoms with E-state index in [2.05, 4.69) is 0 Å². The van der Waals surface area contributed by atoms with Crippen LogP contribution in [0.4, 0.5) is 0 Å². The van der Waals surface area contributed by atoms with Crippen LogP contribution in [0.1, 0.15) is 77.0 Å². The van der Waals surface area contributed by atoms with Crippen LogP contribution in [0.3, 0.4) is 0 Å². The van der Waals surface area contributed by atoms with Crippen molar-refractivity contribution < 1.29 is 19.8 Å². The van der Waals surface area contributed by atoms with Crippen LogP contribution in [0.2, 0.25) is 10.0 Å². The zero-order valence-electron chi connectivity index (χ0n) is 21.0. The second-order valence-corrected chi connectivity index (χ2v) is 11.5. The zero-order chi connectivity index (χ0) is 26.1. The average Bonchev–Trinajstić information content (AvgIpc) is 2.76. The summed E-state index contributed by atoms with van der Waals surface area (Å²) < 4.78 is 0. The molecule has 0 saturated carbocycles. The van der Waals surface area contributed by atoms with Crippen LogP contribution >= 0.6 is 23.2 Å². The van der Waals surface area contributed by atoms with Gasteiger partial charge in [0.1, 0.15) is 0 Å². The molecule has 0 spiro atoms. The molecule has 1 aliphatic rings. The predicted octanol–water partition coefficient (Wildman–Crippen LogP) is 6.72. The second-order valence-electron chi connectivity index (χ2n) is 10.6. The normalized spacial score (nSPS) is 24.8. The number of rotatable bonds is 8. The van der Waals surface area contributed by atoms with Gasteiger partial charge in [-0.1, -0.05) is 68.2 Å². The molecule has 0 radical (unpaired) electrons. The second kappa shape index (κ2) is 10.5. The first-order chi connectivity index (χ1) is 16.3. The smallest absolute Gasteiger partial charge is 0.304 e. The SMILES string of the molecule is CCC(C(C)C(C)(C)O)N1C(=O)[C@@](C)(CC(=O)O)C[C@H](c2cccc(Cl)c2)C1c1ccc(Cl)cc1. The first-order valence-electron chi connectivity index (χ1n) is 12.1. The Labute approximate surface area is 218 Å². The van der Waals surface area contributed by atoms with Crippen molar-refractivity contribution in [3.05, 3.63) is 69.7 Å². The number of carbonyl (C=O) groups is 2. The van der Waals surface area contributed by atoms with Gasteiger partial charge in [0.15, 0.2) is 0 Å². The molecule has 2 aromatic rings. The minimum absolute atomic E-state index is 0.207. The number of amides is 1. The molecule has 0 aliphatic carbocycles. The Bertz CT molecular complexity index is 1070. The largest absolute Gasteiger partial charge is 0.481 e. The van der Waals surface area contributed by atoms with Crippen molar-refractivity contribution in [3.8, 4) is 0 Å². The van der Waals surface area contributed by atoms with E-state index in [0.29, 0.717) is 22.9 Å². The zero-order valence-corrected chi connectivity index (χ0v) is 22.5. The van der Waals surface area contributed by atoms with E-state index in [9.17, 15) is 19.8 Å². The lowest BCUT2D eigenvalue weighted by molar-refractivity contribution is -0.164. The quantitative estimate of drug-likeness (QED) is 0.405. The van der Waals surface area contributed by atoms with Crippen LogP contribution in [0.5, 0.6) is 0 Å². The fourth-order valence-electron chi connectivity index (χ4n) is 5.51. The molecule has 2 N–H and O–H groups in total. The summed E-state index contributed by atoms with van der Waals surface area (Å²) in [7, 11) is 0. The number of carboxylic acid groups (broad SMARTS) is 1. The highest BCUT2D eigenvalue weighted by atomic mass is 35.5. The summed E-state index contributed by atoms with van der Waals surface area (Å²) in [6.07, 6.45) is 0.683. The molecule has 35 heavy (non-hydrogen) atoms. The summed E-state index contributed by atoms with van der Waals surface area (Å²) in [6.45, 7) is 9.18. The van der Waals surface area contributed by atoms with E-state index in [1.54, 1.807) is 39.0 Å². The summed E-state index contributed by atoms with van der Waals surface area (Å²) >= 11 is 12.6. The molecular weight excluding hydrogens is 485 g/mol. The lowest BCUT2D eigenvalue weighted by Gasteiger charge is -2.54. The van der Waals surface area contributed by atoms with Gasteiger partial charge < -0.3 is 15.1 Å². The Morgan fingerprint density at radius 2 is 1.77 bits per heavy atom. The van der Waals surface area contributed by atoms with Crippen LogP contribution < -0.4 is 0 Å². The fraction of sp³-hybridized carbons (Fsp3) is 0.500.